The number of nitrogens with one attached hydrogen (secondary N) is 2. The van der Waals surface area contributed by atoms with Gasteiger partial charge in [-0.1, -0.05) is 13.8 Å². The number of rotatable bonds is 9. The molecule has 1 fully saturated rings. The highest BCUT2D eigenvalue weighted by Gasteiger charge is 2.22. The van der Waals surface area contributed by atoms with Crippen LogP contribution in [0.2, 0.25) is 0 Å². The molecule has 0 bridgehead atoms. The van der Waals surface area contributed by atoms with Gasteiger partial charge in [0.25, 0.3) is 0 Å². The summed E-state index contributed by atoms with van der Waals surface area (Å²) in [6.07, 6.45) is 6.46. The number of aromatic nitrogens is 4. The van der Waals surface area contributed by atoms with Gasteiger partial charge >= 0.3 is 0 Å². The molecule has 0 spiro atoms. The maximum Gasteiger partial charge on any atom is 0.191 e. The number of nitrogens with zero attached hydrogens (tertiary/aromatic N) is 6. The Kier molecular flexibility index (Phi) is 8.00. The smallest absolute Gasteiger partial charge is 0.191 e. The van der Waals surface area contributed by atoms with Crippen molar-refractivity contribution in [3.05, 3.63) is 27.7 Å². The number of hydrogen-bond donors (Lipinski definition) is 2. The van der Waals surface area contributed by atoms with Crippen LogP contribution in [0.1, 0.15) is 48.2 Å². The molecular formula is C20H34N8S. The minimum Gasteiger partial charge on any atom is -0.356 e. The molecule has 3 rings (SSSR count). The van der Waals surface area contributed by atoms with Crippen LogP contribution >= 0.6 is 11.3 Å². The molecule has 2 aromatic heterocycles. The molecule has 29 heavy (non-hydrogen) atoms. The summed E-state index contributed by atoms with van der Waals surface area (Å²) in [6, 6.07) is 0.579. The highest BCUT2D eigenvalue weighted by atomic mass is 32.1. The Balaban J connectivity index is 1.58. The van der Waals surface area contributed by atoms with Crippen molar-refractivity contribution in [2.75, 3.05) is 26.2 Å². The van der Waals surface area contributed by atoms with E-state index in [1.54, 1.807) is 11.3 Å². The second-order valence-corrected chi connectivity index (χ2v) is 8.64. The lowest BCUT2D eigenvalue weighted by atomic mass is 10.2. The zero-order valence-electron chi connectivity index (χ0n) is 18.1. The number of aryl methyl sites for hydroxylation is 2. The van der Waals surface area contributed by atoms with E-state index in [2.05, 4.69) is 44.6 Å². The normalized spacial score (nSPS) is 17.8. The SMILES string of the molecule is CCc1cnc(CCNC(=NCc2nnc(C)n2C)NCC2CCCN2CC)s1. The summed E-state index contributed by atoms with van der Waals surface area (Å²) in [4.78, 5) is 13.2. The van der Waals surface area contributed by atoms with Gasteiger partial charge in [0.05, 0.1) is 5.01 Å². The summed E-state index contributed by atoms with van der Waals surface area (Å²) in [5.74, 6) is 2.60. The zero-order chi connectivity index (χ0) is 20.6. The minimum atomic E-state index is 0.506. The Bertz CT molecular complexity index is 796. The van der Waals surface area contributed by atoms with Gasteiger partial charge in [0.1, 0.15) is 12.4 Å². The van der Waals surface area contributed by atoms with E-state index in [0.717, 1.165) is 50.1 Å². The standard InChI is InChI=1S/C20H34N8S/c1-5-17-13-22-19(29-17)9-10-21-20(23-12-16-8-7-11-28(16)6-2)24-14-18-26-25-15(3)27(18)4/h13,16H,5-12,14H2,1-4H3,(H2,21,23,24). The quantitative estimate of drug-likeness (QED) is 0.478. The summed E-state index contributed by atoms with van der Waals surface area (Å²) in [6.45, 7) is 10.9. The third-order valence-electron chi connectivity index (χ3n) is 5.55. The van der Waals surface area contributed by atoms with Crippen LogP contribution in [0, 0.1) is 6.92 Å². The molecule has 1 aliphatic heterocycles. The molecule has 0 radical (unpaired) electrons. The first-order valence-electron chi connectivity index (χ1n) is 10.6. The largest absolute Gasteiger partial charge is 0.356 e. The van der Waals surface area contributed by atoms with Gasteiger partial charge in [0.2, 0.25) is 0 Å². The maximum absolute atomic E-state index is 4.77. The zero-order valence-corrected chi connectivity index (χ0v) is 18.9. The van der Waals surface area contributed by atoms with E-state index in [1.165, 1.54) is 29.3 Å². The van der Waals surface area contributed by atoms with Crippen LogP contribution in [-0.4, -0.2) is 62.8 Å². The predicted molar refractivity (Wildman–Crippen MR) is 118 cm³/mol. The molecule has 160 valence electrons. The van der Waals surface area contributed by atoms with E-state index in [9.17, 15) is 0 Å². The predicted octanol–water partition coefficient (Wildman–Crippen LogP) is 1.90. The lowest BCUT2D eigenvalue weighted by molar-refractivity contribution is 0.267. The molecule has 0 amide bonds. The van der Waals surface area contributed by atoms with E-state index >= 15 is 0 Å². The number of hydrogen-bond acceptors (Lipinski definition) is 6. The third kappa shape index (κ3) is 5.99. The second kappa shape index (κ2) is 10.7. The van der Waals surface area contributed by atoms with Crippen LogP contribution < -0.4 is 10.6 Å². The van der Waals surface area contributed by atoms with Crippen LogP contribution in [0.3, 0.4) is 0 Å². The molecule has 3 heterocycles. The molecular weight excluding hydrogens is 384 g/mol. The van der Waals surface area contributed by atoms with E-state index < -0.39 is 0 Å². The van der Waals surface area contributed by atoms with Gasteiger partial charge in [-0.25, -0.2) is 9.98 Å². The molecule has 9 heteroatoms. The van der Waals surface area contributed by atoms with E-state index in [1.807, 2.05) is 24.7 Å². The van der Waals surface area contributed by atoms with Crippen LogP contribution in [0.15, 0.2) is 11.2 Å². The molecule has 2 N–H and O–H groups in total. The Morgan fingerprint density at radius 1 is 1.31 bits per heavy atom. The first kappa shape index (κ1) is 21.7. The molecule has 2 aromatic rings. The van der Waals surface area contributed by atoms with Gasteiger partial charge in [-0.05, 0) is 39.3 Å². The van der Waals surface area contributed by atoms with Crippen molar-refractivity contribution >= 4 is 17.3 Å². The van der Waals surface area contributed by atoms with Crippen molar-refractivity contribution in [1.82, 2.24) is 35.3 Å². The van der Waals surface area contributed by atoms with Crippen molar-refractivity contribution in [2.45, 2.75) is 59.0 Å². The number of aliphatic imine (C=N–C) groups is 1. The van der Waals surface area contributed by atoms with Crippen LogP contribution in [0.5, 0.6) is 0 Å². The van der Waals surface area contributed by atoms with Crippen molar-refractivity contribution in [2.24, 2.45) is 12.0 Å². The van der Waals surface area contributed by atoms with Crippen LogP contribution in [0.4, 0.5) is 0 Å². The van der Waals surface area contributed by atoms with Crippen molar-refractivity contribution in [3.63, 3.8) is 0 Å². The summed E-state index contributed by atoms with van der Waals surface area (Å²) in [5.41, 5.74) is 0. The first-order valence-corrected chi connectivity index (χ1v) is 11.5. The van der Waals surface area contributed by atoms with E-state index in [4.69, 9.17) is 4.99 Å². The summed E-state index contributed by atoms with van der Waals surface area (Å²) >= 11 is 1.80. The van der Waals surface area contributed by atoms with Crippen molar-refractivity contribution in [3.8, 4) is 0 Å². The maximum atomic E-state index is 4.77. The molecule has 0 saturated carbocycles. The van der Waals surface area contributed by atoms with Crippen LogP contribution in [-0.2, 0) is 26.4 Å². The molecule has 0 aromatic carbocycles. The molecule has 8 nitrogen and oxygen atoms in total. The first-order chi connectivity index (χ1) is 14.1. The highest BCUT2D eigenvalue weighted by Crippen LogP contribution is 2.15. The molecule has 1 saturated heterocycles. The van der Waals surface area contributed by atoms with Gasteiger partial charge in [0.15, 0.2) is 11.8 Å². The number of thiazole rings is 1. The molecule has 1 atom stereocenters. The second-order valence-electron chi connectivity index (χ2n) is 7.44. The Hall–Kier alpha value is -2.00. The van der Waals surface area contributed by atoms with E-state index in [0.29, 0.717) is 12.6 Å². The topological polar surface area (TPSA) is 83.3 Å². The average molecular weight is 419 g/mol. The summed E-state index contributed by atoms with van der Waals surface area (Å²) in [5, 5.41) is 16.5. The van der Waals surface area contributed by atoms with Gasteiger partial charge in [-0.15, -0.1) is 21.5 Å². The molecule has 1 aliphatic rings. The number of guanidine groups is 1. The fraction of sp³-hybridized carbons (Fsp3) is 0.700. The van der Waals surface area contributed by atoms with E-state index in [-0.39, 0.29) is 0 Å². The lowest BCUT2D eigenvalue weighted by Gasteiger charge is -2.24. The average Bonchev–Trinajstić information content (AvgIpc) is 3.45. The Morgan fingerprint density at radius 2 is 2.17 bits per heavy atom. The monoisotopic (exact) mass is 418 g/mol. The summed E-state index contributed by atoms with van der Waals surface area (Å²) in [7, 11) is 1.98. The Morgan fingerprint density at radius 3 is 2.86 bits per heavy atom. The minimum absolute atomic E-state index is 0.506. The highest BCUT2D eigenvalue weighted by molar-refractivity contribution is 7.11. The van der Waals surface area contributed by atoms with Gasteiger partial charge < -0.3 is 15.2 Å². The van der Waals surface area contributed by atoms with Crippen LogP contribution in [0.25, 0.3) is 0 Å². The Labute approximate surface area is 177 Å². The lowest BCUT2D eigenvalue weighted by Crippen LogP contribution is -2.45. The van der Waals surface area contributed by atoms with Crippen molar-refractivity contribution < 1.29 is 0 Å². The number of likely N-dealkylation sites (N-methyl/N-ethyl adjacent to an activating group) is 1. The van der Waals surface area contributed by atoms with Crippen molar-refractivity contribution in [1.29, 1.82) is 0 Å². The third-order valence-corrected chi connectivity index (χ3v) is 6.75. The van der Waals surface area contributed by atoms with Gasteiger partial charge in [0, 0.05) is 43.7 Å². The fourth-order valence-electron chi connectivity index (χ4n) is 3.58. The number of likely N-dealkylation sites (tertiary alicyclic amines) is 1. The summed E-state index contributed by atoms with van der Waals surface area (Å²) < 4.78 is 1.98. The molecule has 1 unspecified atom stereocenters. The molecule has 0 aliphatic carbocycles. The van der Waals surface area contributed by atoms with Gasteiger partial charge in [-0.2, -0.15) is 0 Å². The fourth-order valence-corrected chi connectivity index (χ4v) is 4.45. The van der Waals surface area contributed by atoms with Gasteiger partial charge in [-0.3, -0.25) is 4.90 Å².